The van der Waals surface area contributed by atoms with Crippen LogP contribution in [0.25, 0.3) is 0 Å². The van der Waals surface area contributed by atoms with Crippen LogP contribution in [0.1, 0.15) is 18.1 Å². The van der Waals surface area contributed by atoms with Crippen LogP contribution >= 0.6 is 0 Å². The predicted octanol–water partition coefficient (Wildman–Crippen LogP) is 3.37. The summed E-state index contributed by atoms with van der Waals surface area (Å²) in [4.78, 5) is 27.7. The van der Waals surface area contributed by atoms with Crippen molar-refractivity contribution in [3.05, 3.63) is 83.9 Å². The van der Waals surface area contributed by atoms with Crippen molar-refractivity contribution in [2.75, 3.05) is 32.1 Å². The number of anilines is 1. The molecule has 2 amide bonds. The number of ether oxygens (including phenoxy) is 2. The molecule has 0 aliphatic carbocycles. The minimum absolute atomic E-state index is 0.00497. The van der Waals surface area contributed by atoms with Crippen LogP contribution in [-0.2, 0) is 26.2 Å². The Kier molecular flexibility index (Phi) is 9.35. The number of rotatable bonds is 11. The first-order valence-electron chi connectivity index (χ1n) is 12.0. The lowest BCUT2D eigenvalue weighted by Gasteiger charge is -2.32. The van der Waals surface area contributed by atoms with Crippen LogP contribution in [0, 0.1) is 6.92 Å². The van der Waals surface area contributed by atoms with Crippen LogP contribution in [0.5, 0.6) is 11.5 Å². The van der Waals surface area contributed by atoms with Gasteiger partial charge in [0.1, 0.15) is 24.1 Å². The van der Waals surface area contributed by atoms with E-state index < -0.39 is 28.5 Å². The first kappa shape index (κ1) is 28.5. The smallest absolute Gasteiger partial charge is 0.264 e. The molecule has 0 bridgehead atoms. The Morgan fingerprint density at radius 1 is 0.921 bits per heavy atom. The fraction of sp³-hybridized carbons (Fsp3) is 0.286. The van der Waals surface area contributed by atoms with Crippen LogP contribution in [0.3, 0.4) is 0 Å². The summed E-state index contributed by atoms with van der Waals surface area (Å²) in [5.41, 5.74) is 2.00. The number of carbonyl (C=O) groups excluding carboxylic acids is 2. The number of carbonyl (C=O) groups is 2. The van der Waals surface area contributed by atoms with Gasteiger partial charge in [-0.1, -0.05) is 29.8 Å². The molecule has 0 unspecified atom stereocenters. The third-order valence-corrected chi connectivity index (χ3v) is 7.94. The number of nitrogens with zero attached hydrogens (tertiary/aromatic N) is 2. The van der Waals surface area contributed by atoms with E-state index >= 15 is 0 Å². The average molecular weight is 540 g/mol. The van der Waals surface area contributed by atoms with Gasteiger partial charge in [0, 0.05) is 13.6 Å². The van der Waals surface area contributed by atoms with Crippen LogP contribution < -0.4 is 19.1 Å². The molecule has 1 N–H and O–H groups in total. The number of hydrogen-bond donors (Lipinski definition) is 1. The summed E-state index contributed by atoms with van der Waals surface area (Å²) in [5, 5.41) is 2.57. The fourth-order valence-electron chi connectivity index (χ4n) is 3.87. The van der Waals surface area contributed by atoms with Gasteiger partial charge in [-0.25, -0.2) is 8.42 Å². The van der Waals surface area contributed by atoms with Gasteiger partial charge < -0.3 is 19.7 Å². The van der Waals surface area contributed by atoms with Gasteiger partial charge in [0.25, 0.3) is 10.0 Å². The molecule has 0 spiro atoms. The summed E-state index contributed by atoms with van der Waals surface area (Å²) in [6.07, 6.45) is 0. The minimum Gasteiger partial charge on any atom is -0.497 e. The molecule has 3 aromatic rings. The zero-order valence-corrected chi connectivity index (χ0v) is 23.0. The summed E-state index contributed by atoms with van der Waals surface area (Å²) >= 11 is 0. The van der Waals surface area contributed by atoms with Crippen molar-refractivity contribution in [3.63, 3.8) is 0 Å². The molecular weight excluding hydrogens is 506 g/mol. The highest BCUT2D eigenvalue weighted by molar-refractivity contribution is 7.92. The summed E-state index contributed by atoms with van der Waals surface area (Å²) in [7, 11) is 0.372. The summed E-state index contributed by atoms with van der Waals surface area (Å²) in [5.74, 6) is 0.194. The maximum atomic E-state index is 13.8. The summed E-state index contributed by atoms with van der Waals surface area (Å²) < 4.78 is 39.1. The molecule has 202 valence electrons. The van der Waals surface area contributed by atoms with E-state index in [2.05, 4.69) is 5.32 Å². The van der Waals surface area contributed by atoms with Gasteiger partial charge in [0.2, 0.25) is 11.8 Å². The van der Waals surface area contributed by atoms with Crippen molar-refractivity contribution in [3.8, 4) is 11.5 Å². The highest BCUT2D eigenvalue weighted by Crippen LogP contribution is 2.26. The quantitative estimate of drug-likeness (QED) is 0.401. The molecule has 1 atom stereocenters. The van der Waals surface area contributed by atoms with Gasteiger partial charge in [-0.05, 0) is 67.9 Å². The molecule has 0 radical (unpaired) electrons. The molecule has 3 aromatic carbocycles. The lowest BCUT2D eigenvalue weighted by atomic mass is 10.1. The second kappa shape index (κ2) is 12.5. The number of aryl methyl sites for hydroxylation is 1. The number of sulfonamides is 1. The zero-order chi connectivity index (χ0) is 27.9. The second-order valence-corrected chi connectivity index (χ2v) is 10.5. The van der Waals surface area contributed by atoms with Crippen LogP contribution in [0.2, 0.25) is 0 Å². The number of nitrogens with one attached hydrogen (secondary N) is 1. The van der Waals surface area contributed by atoms with Crippen molar-refractivity contribution in [1.29, 1.82) is 0 Å². The Morgan fingerprint density at radius 3 is 2.13 bits per heavy atom. The van der Waals surface area contributed by atoms with Crippen molar-refractivity contribution < 1.29 is 27.5 Å². The molecule has 9 nitrogen and oxygen atoms in total. The molecule has 10 heteroatoms. The molecule has 0 aliphatic rings. The van der Waals surface area contributed by atoms with Gasteiger partial charge in [-0.3, -0.25) is 13.9 Å². The molecule has 0 saturated carbocycles. The third kappa shape index (κ3) is 6.63. The monoisotopic (exact) mass is 539 g/mol. The highest BCUT2D eigenvalue weighted by Gasteiger charge is 2.32. The molecular formula is C28H33N3O6S. The Balaban J connectivity index is 2.02. The Hall–Kier alpha value is -4.05. The minimum atomic E-state index is -4.15. The van der Waals surface area contributed by atoms with E-state index in [1.54, 1.807) is 68.6 Å². The Bertz CT molecular complexity index is 1360. The van der Waals surface area contributed by atoms with Crippen LogP contribution in [0.15, 0.2) is 77.7 Å². The normalized spacial score (nSPS) is 11.8. The maximum Gasteiger partial charge on any atom is 0.264 e. The van der Waals surface area contributed by atoms with Crippen molar-refractivity contribution in [1.82, 2.24) is 10.2 Å². The van der Waals surface area contributed by atoms with Gasteiger partial charge in [0.05, 0.1) is 24.8 Å². The van der Waals surface area contributed by atoms with E-state index in [1.165, 1.54) is 31.2 Å². The van der Waals surface area contributed by atoms with E-state index in [-0.39, 0.29) is 17.3 Å². The number of benzene rings is 3. The van der Waals surface area contributed by atoms with Gasteiger partial charge in [0.15, 0.2) is 0 Å². The van der Waals surface area contributed by atoms with E-state index in [0.29, 0.717) is 17.2 Å². The molecule has 0 heterocycles. The number of hydrogen-bond acceptors (Lipinski definition) is 6. The number of likely N-dealkylation sites (N-methyl/N-ethyl adjacent to an activating group) is 1. The average Bonchev–Trinajstić information content (AvgIpc) is 2.94. The van der Waals surface area contributed by atoms with Crippen molar-refractivity contribution in [2.45, 2.75) is 31.3 Å². The lowest BCUT2D eigenvalue weighted by Crippen LogP contribution is -2.50. The SMILES string of the molecule is CNC(=O)[C@@H](C)N(Cc1cccc(OC)c1)C(=O)CN(c1ccc(C)cc1)S(=O)(=O)c1ccc(OC)cc1. The van der Waals surface area contributed by atoms with Crippen molar-refractivity contribution in [2.24, 2.45) is 0 Å². The van der Waals surface area contributed by atoms with Gasteiger partial charge >= 0.3 is 0 Å². The Labute approximate surface area is 224 Å². The molecule has 0 aromatic heterocycles. The first-order chi connectivity index (χ1) is 18.1. The van der Waals surface area contributed by atoms with E-state index in [4.69, 9.17) is 9.47 Å². The standard InChI is InChI=1S/C28H33N3O6S/c1-20-9-11-23(12-10-20)31(38(34,35)26-15-13-24(36-4)14-16-26)19-27(32)30(21(2)28(33)29-3)18-22-7-6-8-25(17-22)37-5/h6-17,21H,18-19H2,1-5H3,(H,29,33)/t21-/m1/s1. The number of methoxy groups -OCH3 is 2. The first-order valence-corrected chi connectivity index (χ1v) is 13.4. The maximum absolute atomic E-state index is 13.8. The van der Waals surface area contributed by atoms with E-state index in [0.717, 1.165) is 15.4 Å². The molecule has 0 fully saturated rings. The van der Waals surface area contributed by atoms with Crippen LogP contribution in [-0.4, -0.2) is 59.0 Å². The lowest BCUT2D eigenvalue weighted by molar-refractivity contribution is -0.139. The third-order valence-electron chi connectivity index (χ3n) is 6.15. The Morgan fingerprint density at radius 2 is 1.55 bits per heavy atom. The summed E-state index contributed by atoms with van der Waals surface area (Å²) in [6.45, 7) is 3.06. The van der Waals surface area contributed by atoms with Crippen molar-refractivity contribution >= 4 is 27.5 Å². The number of amides is 2. The molecule has 0 aliphatic heterocycles. The topological polar surface area (TPSA) is 105 Å². The van der Waals surface area contributed by atoms with Gasteiger partial charge in [-0.2, -0.15) is 0 Å². The van der Waals surface area contributed by atoms with E-state index in [1.807, 2.05) is 13.0 Å². The van der Waals surface area contributed by atoms with Crippen LogP contribution in [0.4, 0.5) is 5.69 Å². The zero-order valence-electron chi connectivity index (χ0n) is 22.2. The van der Waals surface area contributed by atoms with E-state index in [9.17, 15) is 18.0 Å². The predicted molar refractivity (Wildman–Crippen MR) is 146 cm³/mol. The fourth-order valence-corrected chi connectivity index (χ4v) is 5.29. The second-order valence-electron chi connectivity index (χ2n) is 8.69. The molecule has 3 rings (SSSR count). The molecule has 38 heavy (non-hydrogen) atoms. The van der Waals surface area contributed by atoms with Gasteiger partial charge in [-0.15, -0.1) is 0 Å². The molecule has 0 saturated heterocycles. The summed E-state index contributed by atoms with van der Waals surface area (Å²) in [6, 6.07) is 19.1. The highest BCUT2D eigenvalue weighted by atomic mass is 32.2. The largest absolute Gasteiger partial charge is 0.497 e.